The second-order valence-corrected chi connectivity index (χ2v) is 2.31. The van der Waals surface area contributed by atoms with E-state index in [9.17, 15) is 14.9 Å². The van der Waals surface area contributed by atoms with Gasteiger partial charge in [0.25, 0.3) is 0 Å². The van der Waals surface area contributed by atoms with E-state index in [1.807, 2.05) is 0 Å². The SMILES string of the molecule is O=Cc1cncc([N+](=O)[O-])c1Cl. The van der Waals surface area contributed by atoms with E-state index < -0.39 is 4.92 Å². The molecule has 0 saturated carbocycles. The molecular weight excluding hydrogens is 184 g/mol. The normalized spacial score (nSPS) is 9.42. The highest BCUT2D eigenvalue weighted by atomic mass is 35.5. The number of carbonyl (C=O) groups excluding carboxylic acids is 1. The third-order valence-corrected chi connectivity index (χ3v) is 1.62. The van der Waals surface area contributed by atoms with E-state index in [4.69, 9.17) is 11.6 Å². The van der Waals surface area contributed by atoms with Crippen LogP contribution in [-0.4, -0.2) is 16.2 Å². The smallest absolute Gasteiger partial charge is 0.298 e. The van der Waals surface area contributed by atoms with Gasteiger partial charge in [0.2, 0.25) is 0 Å². The highest BCUT2D eigenvalue weighted by molar-refractivity contribution is 6.34. The summed E-state index contributed by atoms with van der Waals surface area (Å²) in [5.74, 6) is 0. The lowest BCUT2D eigenvalue weighted by molar-refractivity contribution is -0.385. The standard InChI is InChI=1S/C6H3ClN2O3/c7-6-4(3-10)1-8-2-5(6)9(11)12/h1-3H. The van der Waals surface area contributed by atoms with Gasteiger partial charge in [-0.3, -0.25) is 19.9 Å². The van der Waals surface area contributed by atoms with Crippen molar-refractivity contribution in [3.05, 3.63) is 33.1 Å². The number of aldehydes is 1. The van der Waals surface area contributed by atoms with Gasteiger partial charge in [0.05, 0.1) is 10.5 Å². The van der Waals surface area contributed by atoms with Crippen LogP contribution in [0.3, 0.4) is 0 Å². The minimum Gasteiger partial charge on any atom is -0.298 e. The molecule has 0 aliphatic rings. The summed E-state index contributed by atoms with van der Waals surface area (Å²) in [5, 5.41) is 10.1. The van der Waals surface area contributed by atoms with Gasteiger partial charge in [0.1, 0.15) is 11.2 Å². The van der Waals surface area contributed by atoms with Crippen LogP contribution in [0.4, 0.5) is 5.69 Å². The molecule has 1 aromatic rings. The zero-order valence-electron chi connectivity index (χ0n) is 5.73. The lowest BCUT2D eigenvalue weighted by Gasteiger charge is -1.95. The molecule has 0 unspecified atom stereocenters. The van der Waals surface area contributed by atoms with Gasteiger partial charge in [-0.2, -0.15) is 0 Å². The van der Waals surface area contributed by atoms with Gasteiger partial charge in [-0.15, -0.1) is 0 Å². The Labute approximate surface area is 72.1 Å². The number of nitrogens with zero attached hydrogens (tertiary/aromatic N) is 2. The maximum Gasteiger partial charge on any atom is 0.306 e. The highest BCUT2D eigenvalue weighted by Gasteiger charge is 2.15. The summed E-state index contributed by atoms with van der Waals surface area (Å²) >= 11 is 5.49. The number of pyridine rings is 1. The van der Waals surface area contributed by atoms with Gasteiger partial charge in [0, 0.05) is 6.20 Å². The van der Waals surface area contributed by atoms with Crippen molar-refractivity contribution in [1.29, 1.82) is 0 Å². The van der Waals surface area contributed by atoms with E-state index in [1.54, 1.807) is 0 Å². The molecule has 6 heteroatoms. The molecule has 5 nitrogen and oxygen atoms in total. The molecule has 0 saturated heterocycles. The fourth-order valence-corrected chi connectivity index (χ4v) is 0.870. The van der Waals surface area contributed by atoms with E-state index in [2.05, 4.69) is 4.98 Å². The van der Waals surface area contributed by atoms with Crippen LogP contribution in [-0.2, 0) is 0 Å². The predicted octanol–water partition coefficient (Wildman–Crippen LogP) is 1.46. The first-order valence-electron chi connectivity index (χ1n) is 2.90. The van der Waals surface area contributed by atoms with E-state index in [0.717, 1.165) is 6.20 Å². The average Bonchev–Trinajstić information content (AvgIpc) is 2.04. The van der Waals surface area contributed by atoms with Gasteiger partial charge in [-0.05, 0) is 0 Å². The van der Waals surface area contributed by atoms with Crippen LogP contribution < -0.4 is 0 Å². The Kier molecular flexibility index (Phi) is 2.35. The second-order valence-electron chi connectivity index (χ2n) is 1.94. The number of carbonyl (C=O) groups is 1. The first-order valence-corrected chi connectivity index (χ1v) is 3.27. The monoisotopic (exact) mass is 186 g/mol. The molecular formula is C6H3ClN2O3. The van der Waals surface area contributed by atoms with Gasteiger partial charge in [-0.1, -0.05) is 11.6 Å². The molecule has 1 rings (SSSR count). The van der Waals surface area contributed by atoms with Gasteiger partial charge >= 0.3 is 5.69 Å². The third-order valence-electron chi connectivity index (χ3n) is 1.21. The van der Waals surface area contributed by atoms with E-state index in [0.29, 0.717) is 6.29 Å². The Balaban J connectivity index is 3.32. The molecule has 0 aromatic carbocycles. The summed E-state index contributed by atoms with van der Waals surface area (Å²) in [7, 11) is 0. The average molecular weight is 187 g/mol. The lowest BCUT2D eigenvalue weighted by Crippen LogP contribution is -1.93. The summed E-state index contributed by atoms with van der Waals surface area (Å²) in [6, 6.07) is 0. The maximum atomic E-state index is 10.3. The van der Waals surface area contributed by atoms with Crippen molar-refractivity contribution in [2.24, 2.45) is 0 Å². The molecule has 0 fully saturated rings. The van der Waals surface area contributed by atoms with Crippen LogP contribution in [0.2, 0.25) is 5.02 Å². The third kappa shape index (κ3) is 1.40. The number of rotatable bonds is 2. The fraction of sp³-hybridized carbons (Fsp3) is 0. The zero-order chi connectivity index (χ0) is 9.14. The van der Waals surface area contributed by atoms with Gasteiger partial charge in [0.15, 0.2) is 6.29 Å². The number of nitro groups is 1. The quantitative estimate of drug-likeness (QED) is 0.398. The molecule has 0 spiro atoms. The van der Waals surface area contributed by atoms with Crippen LogP contribution in [0.15, 0.2) is 12.4 Å². The molecule has 1 aromatic heterocycles. The fourth-order valence-electron chi connectivity index (χ4n) is 0.659. The molecule has 0 bridgehead atoms. The van der Waals surface area contributed by atoms with Crippen LogP contribution in [0.5, 0.6) is 0 Å². The lowest BCUT2D eigenvalue weighted by atomic mass is 10.3. The largest absolute Gasteiger partial charge is 0.306 e. The number of hydrogen-bond acceptors (Lipinski definition) is 4. The number of hydrogen-bond donors (Lipinski definition) is 0. The Morgan fingerprint density at radius 1 is 1.58 bits per heavy atom. The number of aromatic nitrogens is 1. The van der Waals surface area contributed by atoms with Crippen molar-refractivity contribution in [3.8, 4) is 0 Å². The Hall–Kier alpha value is -1.49. The van der Waals surface area contributed by atoms with Crippen molar-refractivity contribution < 1.29 is 9.72 Å². The first-order chi connectivity index (χ1) is 5.66. The minimum absolute atomic E-state index is 0.0193. The topological polar surface area (TPSA) is 73.1 Å². The maximum absolute atomic E-state index is 10.3. The molecule has 12 heavy (non-hydrogen) atoms. The van der Waals surface area contributed by atoms with Gasteiger partial charge < -0.3 is 0 Å². The molecule has 62 valence electrons. The van der Waals surface area contributed by atoms with E-state index in [1.165, 1.54) is 6.20 Å². The first kappa shape index (κ1) is 8.61. The van der Waals surface area contributed by atoms with E-state index in [-0.39, 0.29) is 16.3 Å². The Bertz CT molecular complexity index is 340. The summed E-state index contributed by atoms with van der Waals surface area (Å²) < 4.78 is 0. The van der Waals surface area contributed by atoms with Crippen molar-refractivity contribution in [2.45, 2.75) is 0 Å². The van der Waals surface area contributed by atoms with Crippen LogP contribution in [0.25, 0.3) is 0 Å². The summed E-state index contributed by atoms with van der Waals surface area (Å²) in [6.45, 7) is 0. The van der Waals surface area contributed by atoms with Crippen LogP contribution in [0.1, 0.15) is 10.4 Å². The van der Waals surface area contributed by atoms with Crippen molar-refractivity contribution in [2.75, 3.05) is 0 Å². The Morgan fingerprint density at radius 3 is 2.75 bits per heavy atom. The predicted molar refractivity (Wildman–Crippen MR) is 41.3 cm³/mol. The molecule has 0 atom stereocenters. The molecule has 1 heterocycles. The summed E-state index contributed by atoms with van der Waals surface area (Å²) in [6.07, 6.45) is 2.58. The zero-order valence-corrected chi connectivity index (χ0v) is 6.49. The van der Waals surface area contributed by atoms with Crippen molar-refractivity contribution in [3.63, 3.8) is 0 Å². The van der Waals surface area contributed by atoms with Crippen LogP contribution >= 0.6 is 11.6 Å². The molecule has 0 aliphatic heterocycles. The summed E-state index contributed by atoms with van der Waals surface area (Å²) in [5.41, 5.74) is -0.341. The molecule has 0 aliphatic carbocycles. The van der Waals surface area contributed by atoms with Crippen molar-refractivity contribution >= 4 is 23.6 Å². The Morgan fingerprint density at radius 2 is 2.25 bits per heavy atom. The minimum atomic E-state index is -0.692. The van der Waals surface area contributed by atoms with Crippen molar-refractivity contribution in [1.82, 2.24) is 4.98 Å². The molecule has 0 radical (unpaired) electrons. The van der Waals surface area contributed by atoms with Crippen LogP contribution in [0, 0.1) is 10.1 Å². The molecule has 0 amide bonds. The van der Waals surface area contributed by atoms with Gasteiger partial charge in [-0.25, -0.2) is 0 Å². The molecule has 0 N–H and O–H groups in total. The second kappa shape index (κ2) is 3.27. The highest BCUT2D eigenvalue weighted by Crippen LogP contribution is 2.24. The number of halogens is 1. The summed E-state index contributed by atoms with van der Waals surface area (Å²) in [4.78, 5) is 23.3. The van der Waals surface area contributed by atoms with E-state index >= 15 is 0 Å².